The molecule has 11 heteroatoms. The Kier molecular flexibility index (Phi) is 7.43. The molecule has 2 aromatic heterocycles. The third-order valence-corrected chi connectivity index (χ3v) is 9.15. The second-order valence-electron chi connectivity index (χ2n) is 7.35. The van der Waals surface area contributed by atoms with E-state index in [9.17, 15) is 8.42 Å². The molecule has 0 radical (unpaired) electrons. The molecule has 0 aliphatic carbocycles. The number of β-amino-alcohol motifs (C(OH)–C–C–N with tert-alkyl or cyclic N) is 1. The Morgan fingerprint density at radius 3 is 2.62 bits per heavy atom. The molecule has 0 bridgehead atoms. The number of aliphatic hydroxyl groups excluding tert-OH is 1. The van der Waals surface area contributed by atoms with E-state index in [1.54, 1.807) is 28.3 Å². The van der Waals surface area contributed by atoms with Gasteiger partial charge in [0.1, 0.15) is 5.65 Å². The van der Waals surface area contributed by atoms with E-state index >= 15 is 0 Å². The van der Waals surface area contributed by atoms with Crippen molar-refractivity contribution in [1.29, 1.82) is 0 Å². The fourth-order valence-corrected chi connectivity index (χ4v) is 7.05. The fraction of sp³-hybridized carbons (Fsp3) is 0.429. The topological polar surface area (TPSA) is 91.0 Å². The highest BCUT2D eigenvalue weighted by atomic mass is 32.2. The number of imidazole rings is 1. The van der Waals surface area contributed by atoms with Gasteiger partial charge >= 0.3 is 0 Å². The van der Waals surface area contributed by atoms with Crippen molar-refractivity contribution in [2.45, 2.75) is 21.9 Å². The number of sulfonamides is 1. The van der Waals surface area contributed by atoms with Crippen LogP contribution in [0.4, 0.5) is 0 Å². The van der Waals surface area contributed by atoms with Gasteiger partial charge in [0.25, 0.3) is 0 Å². The normalized spacial score (nSPS) is 16.1. The number of benzene rings is 1. The van der Waals surface area contributed by atoms with Gasteiger partial charge in [-0.2, -0.15) is 4.31 Å². The molecule has 172 valence electrons. The number of fused-ring (bicyclic) bond motifs is 1. The van der Waals surface area contributed by atoms with Crippen molar-refractivity contribution in [3.63, 3.8) is 0 Å². The maximum Gasteiger partial charge on any atom is 0.244 e. The van der Waals surface area contributed by atoms with Crippen molar-refractivity contribution in [3.05, 3.63) is 36.7 Å². The van der Waals surface area contributed by atoms with E-state index in [-0.39, 0.29) is 6.61 Å². The van der Waals surface area contributed by atoms with Crippen LogP contribution in [0.5, 0.6) is 0 Å². The number of thioether (sulfide) groups is 2. The van der Waals surface area contributed by atoms with Crippen LogP contribution in [0.1, 0.15) is 6.92 Å². The summed E-state index contributed by atoms with van der Waals surface area (Å²) in [6.07, 6.45) is 5.51. The van der Waals surface area contributed by atoms with Gasteiger partial charge in [-0.25, -0.2) is 18.4 Å². The molecule has 8 nitrogen and oxygen atoms in total. The van der Waals surface area contributed by atoms with Crippen LogP contribution >= 0.6 is 23.5 Å². The predicted octanol–water partition coefficient (Wildman–Crippen LogP) is 2.53. The summed E-state index contributed by atoms with van der Waals surface area (Å²) in [6.45, 7) is 4.77. The van der Waals surface area contributed by atoms with E-state index in [2.05, 4.69) is 16.8 Å². The van der Waals surface area contributed by atoms with Gasteiger partial charge < -0.3 is 5.11 Å². The summed E-state index contributed by atoms with van der Waals surface area (Å²) in [7, 11) is -3.66. The van der Waals surface area contributed by atoms with Crippen LogP contribution in [0.3, 0.4) is 0 Å². The highest BCUT2D eigenvalue weighted by molar-refractivity contribution is 7.99. The number of aliphatic hydroxyl groups is 1. The zero-order chi connectivity index (χ0) is 22.7. The van der Waals surface area contributed by atoms with Crippen LogP contribution in [-0.2, 0) is 10.0 Å². The number of hydrogen-bond donors (Lipinski definition) is 1. The molecule has 32 heavy (non-hydrogen) atoms. The molecule has 0 saturated carbocycles. The Labute approximate surface area is 197 Å². The summed E-state index contributed by atoms with van der Waals surface area (Å²) in [4.78, 5) is 12.3. The van der Waals surface area contributed by atoms with Gasteiger partial charge in [0.05, 0.1) is 17.2 Å². The van der Waals surface area contributed by atoms with Gasteiger partial charge in [-0.15, -0.1) is 11.8 Å². The van der Waals surface area contributed by atoms with Crippen molar-refractivity contribution in [1.82, 2.24) is 23.6 Å². The minimum absolute atomic E-state index is 0.0809. The van der Waals surface area contributed by atoms with E-state index in [0.717, 1.165) is 27.0 Å². The average Bonchev–Trinajstić information content (AvgIpc) is 3.28. The maximum absolute atomic E-state index is 13.6. The van der Waals surface area contributed by atoms with E-state index < -0.39 is 10.0 Å². The average molecular weight is 494 g/mol. The molecule has 1 aromatic carbocycles. The zero-order valence-corrected chi connectivity index (χ0v) is 20.6. The van der Waals surface area contributed by atoms with Crippen LogP contribution in [-0.4, -0.2) is 88.4 Å². The summed E-state index contributed by atoms with van der Waals surface area (Å²) in [6, 6.07) is 7.41. The smallest absolute Gasteiger partial charge is 0.244 e. The highest BCUT2D eigenvalue weighted by Gasteiger charge is 2.30. The SMILES string of the molecule is CCSc1nc(-c2ccc(SC)c(S(=O)(=O)N3CCN(CCO)CC3)c2)cc2nccn12. The largest absolute Gasteiger partial charge is 0.395 e. The lowest BCUT2D eigenvalue weighted by Gasteiger charge is -2.33. The number of nitrogens with zero attached hydrogens (tertiary/aromatic N) is 5. The number of rotatable bonds is 8. The third kappa shape index (κ3) is 4.68. The molecule has 1 fully saturated rings. The lowest BCUT2D eigenvalue weighted by atomic mass is 10.1. The number of piperazine rings is 1. The van der Waals surface area contributed by atoms with E-state index in [0.29, 0.717) is 43.3 Å². The minimum Gasteiger partial charge on any atom is -0.395 e. The van der Waals surface area contributed by atoms with Crippen molar-refractivity contribution < 1.29 is 13.5 Å². The first-order valence-corrected chi connectivity index (χ1v) is 14.1. The summed E-state index contributed by atoms with van der Waals surface area (Å²) in [5.41, 5.74) is 2.24. The number of aromatic nitrogens is 3. The highest BCUT2D eigenvalue weighted by Crippen LogP contribution is 2.33. The minimum atomic E-state index is -3.66. The van der Waals surface area contributed by atoms with Gasteiger partial charge in [0.15, 0.2) is 5.16 Å². The van der Waals surface area contributed by atoms with E-state index in [1.807, 2.05) is 35.1 Å². The van der Waals surface area contributed by atoms with Crippen molar-refractivity contribution in [2.75, 3.05) is 51.3 Å². The quantitative estimate of drug-likeness (QED) is 0.378. The molecule has 1 aliphatic heterocycles. The Morgan fingerprint density at radius 1 is 1.16 bits per heavy atom. The van der Waals surface area contributed by atoms with Crippen molar-refractivity contribution in [2.24, 2.45) is 0 Å². The van der Waals surface area contributed by atoms with Crippen molar-refractivity contribution >= 4 is 39.2 Å². The van der Waals surface area contributed by atoms with Crippen LogP contribution in [0, 0.1) is 0 Å². The van der Waals surface area contributed by atoms with Crippen molar-refractivity contribution in [3.8, 4) is 11.3 Å². The summed E-state index contributed by atoms with van der Waals surface area (Å²) in [5.74, 6) is 0.872. The van der Waals surface area contributed by atoms with E-state index in [1.165, 1.54) is 11.8 Å². The predicted molar refractivity (Wildman–Crippen MR) is 129 cm³/mol. The molecule has 4 rings (SSSR count). The zero-order valence-electron chi connectivity index (χ0n) is 18.1. The van der Waals surface area contributed by atoms with Crippen LogP contribution in [0.15, 0.2) is 51.6 Å². The monoisotopic (exact) mass is 493 g/mol. The first kappa shape index (κ1) is 23.5. The Morgan fingerprint density at radius 2 is 1.94 bits per heavy atom. The molecule has 0 spiro atoms. The maximum atomic E-state index is 13.6. The van der Waals surface area contributed by atoms with Gasteiger partial charge in [0, 0.05) is 61.6 Å². The van der Waals surface area contributed by atoms with E-state index in [4.69, 9.17) is 10.1 Å². The molecular weight excluding hydrogens is 466 g/mol. The number of hydrogen-bond acceptors (Lipinski definition) is 8. The molecular formula is C21H27N5O3S3. The van der Waals surface area contributed by atoms with Gasteiger partial charge in [-0.3, -0.25) is 9.30 Å². The molecule has 1 N–H and O–H groups in total. The third-order valence-electron chi connectivity index (χ3n) is 5.46. The second-order valence-corrected chi connectivity index (χ2v) is 11.3. The lowest BCUT2D eigenvalue weighted by molar-refractivity contribution is 0.151. The molecule has 1 saturated heterocycles. The molecule has 0 atom stereocenters. The Balaban J connectivity index is 1.71. The summed E-state index contributed by atoms with van der Waals surface area (Å²) >= 11 is 3.05. The van der Waals surface area contributed by atoms with Crippen LogP contribution in [0.25, 0.3) is 16.9 Å². The second kappa shape index (κ2) is 10.1. The first-order valence-electron chi connectivity index (χ1n) is 10.5. The summed E-state index contributed by atoms with van der Waals surface area (Å²) in [5, 5.41) is 9.97. The molecule has 3 aromatic rings. The first-order chi connectivity index (χ1) is 15.5. The van der Waals surface area contributed by atoms with Crippen LogP contribution in [0.2, 0.25) is 0 Å². The fourth-order valence-electron chi connectivity index (χ4n) is 3.79. The standard InChI is InChI=1S/C21H27N5O3S3/c1-3-31-21-23-17(15-20-22-6-7-26(20)21)16-4-5-18(30-2)19(14-16)32(28,29)25-10-8-24(9-11-25)12-13-27/h4-7,14-15,27H,3,8-13H2,1-2H3. The van der Waals surface area contributed by atoms with Gasteiger partial charge in [-0.05, 0) is 24.1 Å². The Hall–Kier alpha value is -1.63. The van der Waals surface area contributed by atoms with Crippen LogP contribution < -0.4 is 0 Å². The summed E-state index contributed by atoms with van der Waals surface area (Å²) < 4.78 is 30.6. The Bertz CT molecular complexity index is 1190. The molecule has 1 aliphatic rings. The molecule has 0 amide bonds. The van der Waals surface area contributed by atoms with Gasteiger partial charge in [0.2, 0.25) is 10.0 Å². The molecule has 3 heterocycles. The van der Waals surface area contributed by atoms with Gasteiger partial charge in [-0.1, -0.05) is 24.8 Å². The molecule has 0 unspecified atom stereocenters. The lowest BCUT2D eigenvalue weighted by Crippen LogP contribution is -2.49.